The number of nitrogens with zero attached hydrogens (tertiary/aromatic N) is 1. The Morgan fingerprint density at radius 3 is 2.84 bits per heavy atom. The molecule has 0 bridgehead atoms. The summed E-state index contributed by atoms with van der Waals surface area (Å²) in [6, 6.07) is 11.9. The zero-order valence-corrected chi connectivity index (χ0v) is 12.1. The highest BCUT2D eigenvalue weighted by atomic mass is 79.9. The van der Waals surface area contributed by atoms with Gasteiger partial charge in [-0.25, -0.2) is 4.39 Å². The predicted molar refractivity (Wildman–Crippen MR) is 77.6 cm³/mol. The molecule has 2 rings (SSSR count). The van der Waals surface area contributed by atoms with Gasteiger partial charge in [-0.1, -0.05) is 39.7 Å². The average molecular weight is 340 g/mol. The van der Waals surface area contributed by atoms with Crippen molar-refractivity contribution < 1.29 is 4.39 Å². The molecule has 2 nitrogen and oxygen atoms in total. The van der Waals surface area contributed by atoms with E-state index in [1.54, 1.807) is 18.2 Å². The standard InChI is InChI=1S/C14H9BrClFN2/c15-11-4-5-12(16)13(6-11)19-8-10-3-1-2-9(7-18)14(10)17/h1-6,19H,8H2. The Morgan fingerprint density at radius 2 is 2.11 bits per heavy atom. The molecular weight excluding hydrogens is 331 g/mol. The first kappa shape index (κ1) is 13.9. The molecule has 0 atom stereocenters. The van der Waals surface area contributed by atoms with Gasteiger partial charge in [0.05, 0.1) is 16.3 Å². The first-order chi connectivity index (χ1) is 9.11. The van der Waals surface area contributed by atoms with E-state index in [2.05, 4.69) is 21.2 Å². The number of hydrogen-bond donors (Lipinski definition) is 1. The van der Waals surface area contributed by atoms with Crippen molar-refractivity contribution in [3.63, 3.8) is 0 Å². The Bertz CT molecular complexity index is 652. The van der Waals surface area contributed by atoms with Gasteiger partial charge in [0.1, 0.15) is 11.9 Å². The first-order valence-electron chi connectivity index (χ1n) is 5.48. The van der Waals surface area contributed by atoms with E-state index in [1.165, 1.54) is 6.07 Å². The Morgan fingerprint density at radius 1 is 1.32 bits per heavy atom. The molecule has 0 saturated heterocycles. The van der Waals surface area contributed by atoms with Crippen LogP contribution >= 0.6 is 27.5 Å². The quantitative estimate of drug-likeness (QED) is 0.878. The highest BCUT2D eigenvalue weighted by Gasteiger charge is 2.08. The van der Waals surface area contributed by atoms with Gasteiger partial charge in [0, 0.05) is 16.6 Å². The van der Waals surface area contributed by atoms with Crippen LogP contribution in [0.4, 0.5) is 10.1 Å². The SMILES string of the molecule is N#Cc1cccc(CNc2cc(Br)ccc2Cl)c1F. The number of rotatable bonds is 3. The van der Waals surface area contributed by atoms with Crippen molar-refractivity contribution in [1.82, 2.24) is 0 Å². The van der Waals surface area contributed by atoms with Gasteiger partial charge in [-0.3, -0.25) is 0 Å². The van der Waals surface area contributed by atoms with E-state index in [0.717, 1.165) is 4.47 Å². The van der Waals surface area contributed by atoms with Crippen molar-refractivity contribution in [2.75, 3.05) is 5.32 Å². The molecule has 5 heteroatoms. The molecular formula is C14H9BrClFN2. The van der Waals surface area contributed by atoms with E-state index in [1.807, 2.05) is 18.2 Å². The summed E-state index contributed by atoms with van der Waals surface area (Å²) in [7, 11) is 0. The van der Waals surface area contributed by atoms with E-state index in [4.69, 9.17) is 16.9 Å². The van der Waals surface area contributed by atoms with Crippen molar-refractivity contribution >= 4 is 33.2 Å². The molecule has 0 spiro atoms. The Hall–Kier alpha value is -1.57. The molecule has 1 N–H and O–H groups in total. The molecule has 96 valence electrons. The minimum absolute atomic E-state index is 0.0413. The fraction of sp³-hybridized carbons (Fsp3) is 0.0714. The molecule has 19 heavy (non-hydrogen) atoms. The topological polar surface area (TPSA) is 35.8 Å². The maximum absolute atomic E-state index is 13.9. The summed E-state index contributed by atoms with van der Waals surface area (Å²) in [6.45, 7) is 0.261. The molecule has 0 aromatic heterocycles. The molecule has 0 aliphatic carbocycles. The third kappa shape index (κ3) is 3.25. The minimum atomic E-state index is -0.497. The predicted octanol–water partition coefficient (Wildman–Crippen LogP) is 4.73. The molecule has 0 saturated carbocycles. The first-order valence-corrected chi connectivity index (χ1v) is 6.65. The summed E-state index contributed by atoms with van der Waals surface area (Å²) in [4.78, 5) is 0. The van der Waals surface area contributed by atoms with Crippen molar-refractivity contribution in [1.29, 1.82) is 5.26 Å². The van der Waals surface area contributed by atoms with Crippen molar-refractivity contribution in [2.45, 2.75) is 6.54 Å². The number of nitriles is 1. The van der Waals surface area contributed by atoms with Crippen molar-refractivity contribution in [2.24, 2.45) is 0 Å². The van der Waals surface area contributed by atoms with Crippen LogP contribution in [0.2, 0.25) is 5.02 Å². The summed E-state index contributed by atoms with van der Waals surface area (Å²) < 4.78 is 14.7. The molecule has 0 unspecified atom stereocenters. The molecule has 0 radical (unpaired) electrons. The van der Waals surface area contributed by atoms with Gasteiger partial charge in [0.25, 0.3) is 0 Å². The summed E-state index contributed by atoms with van der Waals surface area (Å²) in [5.41, 5.74) is 1.17. The fourth-order valence-corrected chi connectivity index (χ4v) is 2.17. The van der Waals surface area contributed by atoms with Crippen LogP contribution in [-0.2, 0) is 6.54 Å². The summed E-state index contributed by atoms with van der Waals surface area (Å²) in [5.74, 6) is -0.497. The van der Waals surface area contributed by atoms with Crippen molar-refractivity contribution in [3.05, 3.63) is 62.8 Å². The van der Waals surface area contributed by atoms with E-state index in [9.17, 15) is 4.39 Å². The summed E-state index contributed by atoms with van der Waals surface area (Å²) in [6.07, 6.45) is 0. The average Bonchev–Trinajstić information content (AvgIpc) is 2.41. The van der Waals surface area contributed by atoms with E-state index < -0.39 is 5.82 Å². The van der Waals surface area contributed by atoms with Gasteiger partial charge >= 0.3 is 0 Å². The van der Waals surface area contributed by atoms with Gasteiger partial charge in [-0.2, -0.15) is 5.26 Å². The second-order valence-electron chi connectivity index (χ2n) is 3.87. The van der Waals surface area contributed by atoms with Gasteiger partial charge in [0.15, 0.2) is 0 Å². The Balaban J connectivity index is 2.20. The van der Waals surface area contributed by atoms with Crippen molar-refractivity contribution in [3.8, 4) is 6.07 Å². The third-order valence-electron chi connectivity index (χ3n) is 2.60. The molecule has 0 heterocycles. The van der Waals surface area contributed by atoms with Gasteiger partial charge in [0.2, 0.25) is 0 Å². The van der Waals surface area contributed by atoms with Gasteiger partial charge < -0.3 is 5.32 Å². The van der Waals surface area contributed by atoms with Crippen LogP contribution < -0.4 is 5.32 Å². The van der Waals surface area contributed by atoms with Gasteiger partial charge in [-0.05, 0) is 24.3 Å². The molecule has 0 amide bonds. The van der Waals surface area contributed by atoms with E-state index in [-0.39, 0.29) is 12.1 Å². The summed E-state index contributed by atoms with van der Waals surface area (Å²) in [5, 5.41) is 12.4. The fourth-order valence-electron chi connectivity index (χ4n) is 1.63. The van der Waals surface area contributed by atoms with Crippen LogP contribution in [-0.4, -0.2) is 0 Å². The highest BCUT2D eigenvalue weighted by molar-refractivity contribution is 9.10. The second-order valence-corrected chi connectivity index (χ2v) is 5.19. The molecule has 0 aliphatic rings. The molecule has 2 aromatic carbocycles. The lowest BCUT2D eigenvalue weighted by Crippen LogP contribution is -2.03. The largest absolute Gasteiger partial charge is 0.380 e. The van der Waals surface area contributed by atoms with E-state index >= 15 is 0 Å². The van der Waals surface area contributed by atoms with Gasteiger partial charge in [-0.15, -0.1) is 0 Å². The normalized spacial score (nSPS) is 10.0. The zero-order chi connectivity index (χ0) is 13.8. The Labute approximate surface area is 123 Å². The lowest BCUT2D eigenvalue weighted by molar-refractivity contribution is 0.609. The van der Waals surface area contributed by atoms with Crippen LogP contribution in [0.5, 0.6) is 0 Å². The van der Waals surface area contributed by atoms with Crippen LogP contribution in [0.15, 0.2) is 40.9 Å². The number of nitrogens with one attached hydrogen (secondary N) is 1. The third-order valence-corrected chi connectivity index (χ3v) is 3.42. The van der Waals surface area contributed by atoms with Crippen LogP contribution in [0.1, 0.15) is 11.1 Å². The van der Waals surface area contributed by atoms with E-state index in [0.29, 0.717) is 16.3 Å². The Kier molecular flexibility index (Phi) is 4.41. The minimum Gasteiger partial charge on any atom is -0.380 e. The molecule has 2 aromatic rings. The maximum Gasteiger partial charge on any atom is 0.145 e. The second kappa shape index (κ2) is 6.05. The lowest BCUT2D eigenvalue weighted by Gasteiger charge is -2.10. The number of anilines is 1. The van der Waals surface area contributed by atoms with Crippen LogP contribution in [0.25, 0.3) is 0 Å². The number of hydrogen-bond acceptors (Lipinski definition) is 2. The van der Waals surface area contributed by atoms with Crippen LogP contribution in [0, 0.1) is 17.1 Å². The summed E-state index contributed by atoms with van der Waals surface area (Å²) >= 11 is 9.38. The number of benzene rings is 2. The zero-order valence-electron chi connectivity index (χ0n) is 9.75. The highest BCUT2D eigenvalue weighted by Crippen LogP contribution is 2.26. The maximum atomic E-state index is 13.9. The molecule has 0 aliphatic heterocycles. The van der Waals surface area contributed by atoms with Crippen LogP contribution in [0.3, 0.4) is 0 Å². The lowest BCUT2D eigenvalue weighted by atomic mass is 10.1. The number of halogens is 3. The molecule has 0 fully saturated rings. The smallest absolute Gasteiger partial charge is 0.145 e. The monoisotopic (exact) mass is 338 g/mol.